The molecule has 26 heavy (non-hydrogen) atoms. The summed E-state index contributed by atoms with van der Waals surface area (Å²) >= 11 is 5.93. The Hall–Kier alpha value is -2.07. The Morgan fingerprint density at radius 2 is 2.19 bits per heavy atom. The van der Waals surface area contributed by atoms with Crippen LogP contribution in [-0.4, -0.2) is 32.6 Å². The molecule has 1 fully saturated rings. The summed E-state index contributed by atoms with van der Waals surface area (Å²) in [6.07, 6.45) is -0.263. The Balaban J connectivity index is 1.84. The number of carbonyl (C=O) groups excluding carboxylic acids is 1. The van der Waals surface area contributed by atoms with E-state index in [1.54, 1.807) is 6.20 Å². The highest BCUT2D eigenvalue weighted by Gasteiger charge is 2.43. The average Bonchev–Trinajstić information content (AvgIpc) is 3.19. The average molecular weight is 392 g/mol. The van der Waals surface area contributed by atoms with Gasteiger partial charge in [0.15, 0.2) is 5.69 Å². The standard InChI is InChI=1S/C15H17ClF3N5O2/c1-8(14(25)21-10-5-20-23(6-10)7-26-2)24-12(9-3-4-9)11(16)13(22-24)15(17,18)19/h5-6,8-9H,3-4,7H2,1-2H3,(H,21,25). The molecule has 7 nitrogen and oxygen atoms in total. The third-order valence-electron chi connectivity index (χ3n) is 4.03. The lowest BCUT2D eigenvalue weighted by atomic mass is 10.2. The maximum Gasteiger partial charge on any atom is 0.436 e. The maximum atomic E-state index is 13.1. The molecule has 1 aliphatic rings. The Morgan fingerprint density at radius 1 is 1.50 bits per heavy atom. The molecule has 0 spiro atoms. The quantitative estimate of drug-likeness (QED) is 0.818. The monoisotopic (exact) mass is 391 g/mol. The van der Waals surface area contributed by atoms with Crippen molar-refractivity contribution in [3.05, 3.63) is 28.8 Å². The van der Waals surface area contributed by atoms with Gasteiger partial charge in [0.1, 0.15) is 12.8 Å². The van der Waals surface area contributed by atoms with Crippen LogP contribution in [0, 0.1) is 0 Å². The number of amides is 1. The first-order chi connectivity index (χ1) is 12.2. The van der Waals surface area contributed by atoms with Gasteiger partial charge in [-0.05, 0) is 19.8 Å². The molecule has 2 aromatic heterocycles. The van der Waals surface area contributed by atoms with Crippen molar-refractivity contribution in [2.75, 3.05) is 12.4 Å². The fourth-order valence-electron chi connectivity index (χ4n) is 2.62. The van der Waals surface area contributed by atoms with Crippen LogP contribution >= 0.6 is 11.6 Å². The van der Waals surface area contributed by atoms with E-state index in [0.717, 1.165) is 17.5 Å². The number of aromatic nitrogens is 4. The number of nitrogens with zero attached hydrogens (tertiary/aromatic N) is 4. The van der Waals surface area contributed by atoms with Crippen LogP contribution in [0.3, 0.4) is 0 Å². The number of halogens is 4. The second kappa shape index (κ2) is 6.92. The van der Waals surface area contributed by atoms with Crippen molar-refractivity contribution in [3.8, 4) is 0 Å². The van der Waals surface area contributed by atoms with Gasteiger partial charge in [-0.3, -0.25) is 9.48 Å². The van der Waals surface area contributed by atoms with Gasteiger partial charge in [-0.15, -0.1) is 0 Å². The zero-order valence-corrected chi connectivity index (χ0v) is 14.8. The molecule has 11 heteroatoms. The van der Waals surface area contributed by atoms with Gasteiger partial charge in [0.05, 0.1) is 28.8 Å². The summed E-state index contributed by atoms with van der Waals surface area (Å²) in [5, 5.41) is 9.77. The Morgan fingerprint density at radius 3 is 2.77 bits per heavy atom. The second-order valence-corrected chi connectivity index (χ2v) is 6.49. The molecule has 1 atom stereocenters. The Labute approximate surface area is 152 Å². The van der Waals surface area contributed by atoms with Gasteiger partial charge in [-0.25, -0.2) is 4.68 Å². The van der Waals surface area contributed by atoms with E-state index < -0.39 is 28.8 Å². The fourth-order valence-corrected chi connectivity index (χ4v) is 3.00. The summed E-state index contributed by atoms with van der Waals surface area (Å²) in [7, 11) is 1.50. The van der Waals surface area contributed by atoms with Gasteiger partial charge < -0.3 is 10.1 Å². The van der Waals surface area contributed by atoms with Gasteiger partial charge in [0.2, 0.25) is 5.91 Å². The van der Waals surface area contributed by atoms with Gasteiger partial charge >= 0.3 is 6.18 Å². The summed E-state index contributed by atoms with van der Waals surface area (Å²) in [6.45, 7) is 1.69. The van der Waals surface area contributed by atoms with E-state index in [2.05, 4.69) is 15.5 Å². The topological polar surface area (TPSA) is 74.0 Å². The molecule has 1 saturated carbocycles. The van der Waals surface area contributed by atoms with E-state index in [1.165, 1.54) is 24.9 Å². The van der Waals surface area contributed by atoms with Gasteiger partial charge in [0, 0.05) is 13.0 Å². The highest BCUT2D eigenvalue weighted by molar-refractivity contribution is 6.32. The molecule has 1 amide bonds. The third kappa shape index (κ3) is 3.70. The van der Waals surface area contributed by atoms with E-state index in [9.17, 15) is 18.0 Å². The van der Waals surface area contributed by atoms with Crippen LogP contribution in [0.4, 0.5) is 18.9 Å². The Bertz CT molecular complexity index is 813. The fraction of sp³-hybridized carbons (Fsp3) is 0.533. The number of ether oxygens (including phenoxy) is 1. The zero-order chi connectivity index (χ0) is 19.1. The molecular formula is C15H17ClF3N5O2. The van der Waals surface area contributed by atoms with E-state index in [4.69, 9.17) is 16.3 Å². The number of rotatable bonds is 6. The maximum absolute atomic E-state index is 13.1. The van der Waals surface area contributed by atoms with Gasteiger partial charge in [-0.2, -0.15) is 23.4 Å². The van der Waals surface area contributed by atoms with Crippen LogP contribution in [0.15, 0.2) is 12.4 Å². The lowest BCUT2D eigenvalue weighted by Crippen LogP contribution is -2.26. The minimum Gasteiger partial charge on any atom is -0.362 e. The molecule has 1 unspecified atom stereocenters. The predicted molar refractivity (Wildman–Crippen MR) is 86.8 cm³/mol. The first kappa shape index (κ1) is 18.7. The van der Waals surface area contributed by atoms with Crippen LogP contribution < -0.4 is 5.32 Å². The molecular weight excluding hydrogens is 375 g/mol. The first-order valence-corrected chi connectivity index (χ1v) is 8.27. The molecule has 1 N–H and O–H groups in total. The summed E-state index contributed by atoms with van der Waals surface area (Å²) < 4.78 is 46.8. The molecule has 3 rings (SSSR count). The number of alkyl halides is 3. The van der Waals surface area contributed by atoms with Crippen LogP contribution in [0.5, 0.6) is 0 Å². The van der Waals surface area contributed by atoms with E-state index in [0.29, 0.717) is 5.69 Å². The number of hydrogen-bond acceptors (Lipinski definition) is 4. The largest absolute Gasteiger partial charge is 0.436 e. The third-order valence-corrected chi connectivity index (χ3v) is 4.40. The zero-order valence-electron chi connectivity index (χ0n) is 14.0. The smallest absolute Gasteiger partial charge is 0.362 e. The van der Waals surface area contributed by atoms with Gasteiger partial charge in [0.25, 0.3) is 0 Å². The molecule has 142 valence electrons. The van der Waals surface area contributed by atoms with Crippen molar-refractivity contribution >= 4 is 23.2 Å². The van der Waals surface area contributed by atoms with Crippen LogP contribution in [-0.2, 0) is 22.4 Å². The number of hydrogen-bond donors (Lipinski definition) is 1. The number of anilines is 1. The molecule has 1 aliphatic carbocycles. The lowest BCUT2D eigenvalue weighted by molar-refractivity contribution is -0.141. The number of carbonyl (C=O) groups is 1. The highest BCUT2D eigenvalue weighted by atomic mass is 35.5. The van der Waals surface area contributed by atoms with Crippen molar-refractivity contribution in [1.82, 2.24) is 19.6 Å². The lowest BCUT2D eigenvalue weighted by Gasteiger charge is -2.15. The van der Waals surface area contributed by atoms with E-state index in [-0.39, 0.29) is 18.3 Å². The first-order valence-electron chi connectivity index (χ1n) is 7.89. The molecule has 0 aliphatic heterocycles. The van der Waals surface area contributed by atoms with Crippen molar-refractivity contribution in [2.45, 2.75) is 44.6 Å². The van der Waals surface area contributed by atoms with Crippen LogP contribution in [0.1, 0.15) is 43.1 Å². The summed E-state index contributed by atoms with van der Waals surface area (Å²) in [6, 6.07) is -0.968. The van der Waals surface area contributed by atoms with E-state index in [1.807, 2.05) is 0 Å². The molecule has 0 bridgehead atoms. The minimum atomic E-state index is -4.68. The summed E-state index contributed by atoms with van der Waals surface area (Å²) in [5.41, 5.74) is -0.494. The SMILES string of the molecule is COCn1cc(NC(=O)C(C)n2nc(C(F)(F)F)c(Cl)c2C2CC2)cn1. The normalized spacial score (nSPS) is 15.9. The molecule has 0 aromatic carbocycles. The second-order valence-electron chi connectivity index (χ2n) is 6.12. The summed E-state index contributed by atoms with van der Waals surface area (Å²) in [5.74, 6) is -0.623. The summed E-state index contributed by atoms with van der Waals surface area (Å²) in [4.78, 5) is 12.5. The predicted octanol–water partition coefficient (Wildman–Crippen LogP) is 3.43. The molecule has 0 saturated heterocycles. The minimum absolute atomic E-state index is 0.106. The van der Waals surface area contributed by atoms with Crippen molar-refractivity contribution in [3.63, 3.8) is 0 Å². The number of methoxy groups -OCH3 is 1. The van der Waals surface area contributed by atoms with Crippen molar-refractivity contribution < 1.29 is 22.7 Å². The van der Waals surface area contributed by atoms with Crippen LogP contribution in [0.25, 0.3) is 0 Å². The van der Waals surface area contributed by atoms with E-state index >= 15 is 0 Å². The molecule has 0 radical (unpaired) electrons. The highest BCUT2D eigenvalue weighted by Crippen LogP contribution is 2.47. The number of nitrogens with one attached hydrogen (secondary N) is 1. The van der Waals surface area contributed by atoms with Crippen molar-refractivity contribution in [2.24, 2.45) is 0 Å². The van der Waals surface area contributed by atoms with Crippen LogP contribution in [0.2, 0.25) is 5.02 Å². The van der Waals surface area contributed by atoms with Crippen molar-refractivity contribution in [1.29, 1.82) is 0 Å². The molecule has 2 heterocycles. The van der Waals surface area contributed by atoms with Gasteiger partial charge in [-0.1, -0.05) is 11.6 Å². The Kier molecular flexibility index (Phi) is 4.98. The molecule has 2 aromatic rings.